The first-order valence-corrected chi connectivity index (χ1v) is 7.15. The molecule has 0 atom stereocenters. The van der Waals surface area contributed by atoms with E-state index in [0.29, 0.717) is 6.10 Å². The zero-order valence-corrected chi connectivity index (χ0v) is 11.9. The highest BCUT2D eigenvalue weighted by Crippen LogP contribution is 2.23. The van der Waals surface area contributed by atoms with Crippen LogP contribution in [-0.2, 0) is 4.74 Å². The average Bonchev–Trinajstić information content (AvgIpc) is 2.45. The Bertz CT molecular complexity index is 390. The molecule has 106 valence electrons. The van der Waals surface area contributed by atoms with Crippen molar-refractivity contribution in [3.05, 3.63) is 18.0 Å². The molecular formula is C15H24N2O2. The minimum Gasteiger partial charge on any atom is -0.493 e. The molecule has 0 radical (unpaired) electrons. The highest BCUT2D eigenvalue weighted by molar-refractivity contribution is 5.55. The van der Waals surface area contributed by atoms with E-state index in [0.717, 1.165) is 30.3 Å². The van der Waals surface area contributed by atoms with Crippen molar-refractivity contribution < 1.29 is 9.47 Å². The number of hydrogen-bond donors (Lipinski definition) is 1. The van der Waals surface area contributed by atoms with Gasteiger partial charge in [0.15, 0.2) is 5.75 Å². The topological polar surface area (TPSA) is 43.4 Å². The van der Waals surface area contributed by atoms with E-state index >= 15 is 0 Å². The number of pyridine rings is 1. The molecule has 4 nitrogen and oxygen atoms in total. The molecule has 0 bridgehead atoms. The fourth-order valence-corrected chi connectivity index (χ4v) is 2.49. The predicted octanol–water partition coefficient (Wildman–Crippen LogP) is 3.16. The van der Waals surface area contributed by atoms with E-state index in [-0.39, 0.29) is 0 Å². The standard InChI is InChI=1S/C15H24N2O2/c1-12-10-14(15(18-2)11-17-12)16-8-9-19-13-6-4-3-5-7-13/h10-11,13H,3-9H2,1-2H3,(H,16,17). The summed E-state index contributed by atoms with van der Waals surface area (Å²) in [6.45, 7) is 3.52. The normalized spacial score (nSPS) is 16.3. The third-order valence-corrected chi connectivity index (χ3v) is 3.55. The predicted molar refractivity (Wildman–Crippen MR) is 76.8 cm³/mol. The molecule has 1 aliphatic rings. The third-order valence-electron chi connectivity index (χ3n) is 3.55. The molecule has 19 heavy (non-hydrogen) atoms. The molecule has 1 aliphatic carbocycles. The van der Waals surface area contributed by atoms with Gasteiger partial charge in [0.05, 0.1) is 31.7 Å². The van der Waals surface area contributed by atoms with Crippen molar-refractivity contribution in [3.8, 4) is 5.75 Å². The Hall–Kier alpha value is -1.29. The Morgan fingerprint density at radius 1 is 1.32 bits per heavy atom. The van der Waals surface area contributed by atoms with Gasteiger partial charge in [0.25, 0.3) is 0 Å². The Balaban J connectivity index is 1.74. The Labute approximate surface area is 115 Å². The van der Waals surface area contributed by atoms with Crippen LogP contribution in [0.3, 0.4) is 0 Å². The minimum absolute atomic E-state index is 0.469. The summed E-state index contributed by atoms with van der Waals surface area (Å²) in [5.41, 5.74) is 1.97. The molecule has 0 unspecified atom stereocenters. The fraction of sp³-hybridized carbons (Fsp3) is 0.667. The van der Waals surface area contributed by atoms with Gasteiger partial charge in [-0.3, -0.25) is 4.98 Å². The average molecular weight is 264 g/mol. The molecule has 1 heterocycles. The number of hydrogen-bond acceptors (Lipinski definition) is 4. The smallest absolute Gasteiger partial charge is 0.160 e. The van der Waals surface area contributed by atoms with Crippen LogP contribution < -0.4 is 10.1 Å². The maximum atomic E-state index is 5.89. The summed E-state index contributed by atoms with van der Waals surface area (Å²) >= 11 is 0. The first-order chi connectivity index (χ1) is 9.29. The van der Waals surface area contributed by atoms with Crippen LogP contribution in [-0.4, -0.2) is 31.3 Å². The van der Waals surface area contributed by atoms with Crippen LogP contribution >= 0.6 is 0 Å². The number of methoxy groups -OCH3 is 1. The van der Waals surface area contributed by atoms with E-state index in [9.17, 15) is 0 Å². The maximum Gasteiger partial charge on any atom is 0.160 e. The lowest BCUT2D eigenvalue weighted by Gasteiger charge is -2.22. The van der Waals surface area contributed by atoms with Gasteiger partial charge in [-0.1, -0.05) is 19.3 Å². The lowest BCUT2D eigenvalue weighted by Crippen LogP contribution is -2.20. The zero-order chi connectivity index (χ0) is 13.5. The van der Waals surface area contributed by atoms with Crippen molar-refractivity contribution >= 4 is 5.69 Å². The number of nitrogens with one attached hydrogen (secondary N) is 1. The summed E-state index contributed by atoms with van der Waals surface area (Å²) in [5.74, 6) is 0.781. The van der Waals surface area contributed by atoms with Crippen molar-refractivity contribution in [2.75, 3.05) is 25.6 Å². The van der Waals surface area contributed by atoms with Gasteiger partial charge in [0, 0.05) is 12.2 Å². The largest absolute Gasteiger partial charge is 0.493 e. The van der Waals surface area contributed by atoms with E-state index < -0.39 is 0 Å². The molecule has 2 rings (SSSR count). The number of rotatable bonds is 6. The summed E-state index contributed by atoms with van der Waals surface area (Å²) in [4.78, 5) is 4.22. The molecular weight excluding hydrogens is 240 g/mol. The molecule has 1 aromatic rings. The summed E-state index contributed by atoms with van der Waals surface area (Å²) in [6, 6.07) is 2.00. The second-order valence-electron chi connectivity index (χ2n) is 5.08. The molecule has 1 saturated carbocycles. The summed E-state index contributed by atoms with van der Waals surface area (Å²) in [6.07, 6.45) is 8.66. The van der Waals surface area contributed by atoms with Gasteiger partial charge < -0.3 is 14.8 Å². The Morgan fingerprint density at radius 2 is 2.11 bits per heavy atom. The van der Waals surface area contributed by atoms with E-state index in [1.165, 1.54) is 32.1 Å². The van der Waals surface area contributed by atoms with Crippen molar-refractivity contribution in [1.29, 1.82) is 0 Å². The highest BCUT2D eigenvalue weighted by Gasteiger charge is 2.13. The van der Waals surface area contributed by atoms with Crippen LogP contribution in [0.1, 0.15) is 37.8 Å². The summed E-state index contributed by atoms with van der Waals surface area (Å²) in [7, 11) is 1.66. The quantitative estimate of drug-likeness (QED) is 0.802. The number of anilines is 1. The Kier molecular flexibility index (Phi) is 5.45. The summed E-state index contributed by atoms with van der Waals surface area (Å²) < 4.78 is 11.2. The van der Waals surface area contributed by atoms with Gasteiger partial charge in [-0.15, -0.1) is 0 Å². The van der Waals surface area contributed by atoms with Crippen LogP contribution in [0, 0.1) is 6.92 Å². The molecule has 1 N–H and O–H groups in total. The van der Waals surface area contributed by atoms with Crippen molar-refractivity contribution in [2.24, 2.45) is 0 Å². The summed E-state index contributed by atoms with van der Waals surface area (Å²) in [5, 5.41) is 3.35. The van der Waals surface area contributed by atoms with E-state index in [1.54, 1.807) is 13.3 Å². The first-order valence-electron chi connectivity index (χ1n) is 7.15. The molecule has 0 aromatic carbocycles. The van der Waals surface area contributed by atoms with Gasteiger partial charge in [-0.2, -0.15) is 0 Å². The van der Waals surface area contributed by atoms with Gasteiger partial charge in [-0.25, -0.2) is 0 Å². The Morgan fingerprint density at radius 3 is 2.84 bits per heavy atom. The van der Waals surface area contributed by atoms with E-state index in [2.05, 4.69) is 10.3 Å². The van der Waals surface area contributed by atoms with Gasteiger partial charge in [-0.05, 0) is 25.8 Å². The van der Waals surface area contributed by atoms with Gasteiger partial charge >= 0.3 is 0 Å². The maximum absolute atomic E-state index is 5.89. The van der Waals surface area contributed by atoms with Crippen LogP contribution in [0.5, 0.6) is 5.75 Å². The first kappa shape index (κ1) is 14.1. The van der Waals surface area contributed by atoms with Gasteiger partial charge in [0.2, 0.25) is 0 Å². The number of nitrogens with zero attached hydrogens (tertiary/aromatic N) is 1. The van der Waals surface area contributed by atoms with Gasteiger partial charge in [0.1, 0.15) is 0 Å². The van der Waals surface area contributed by atoms with Crippen LogP contribution in [0.25, 0.3) is 0 Å². The van der Waals surface area contributed by atoms with Crippen LogP contribution in [0.4, 0.5) is 5.69 Å². The minimum atomic E-state index is 0.469. The molecule has 0 amide bonds. The second-order valence-corrected chi connectivity index (χ2v) is 5.08. The van der Waals surface area contributed by atoms with Crippen molar-refractivity contribution in [1.82, 2.24) is 4.98 Å². The number of aryl methyl sites for hydroxylation is 1. The molecule has 1 aromatic heterocycles. The number of aromatic nitrogens is 1. The van der Waals surface area contributed by atoms with Crippen molar-refractivity contribution in [3.63, 3.8) is 0 Å². The van der Waals surface area contributed by atoms with Crippen molar-refractivity contribution in [2.45, 2.75) is 45.1 Å². The van der Waals surface area contributed by atoms with E-state index in [4.69, 9.17) is 9.47 Å². The lowest BCUT2D eigenvalue weighted by molar-refractivity contribution is 0.0347. The van der Waals surface area contributed by atoms with E-state index in [1.807, 2.05) is 13.0 Å². The van der Waals surface area contributed by atoms with Crippen LogP contribution in [0.15, 0.2) is 12.3 Å². The molecule has 0 spiro atoms. The zero-order valence-electron chi connectivity index (χ0n) is 11.9. The second kappa shape index (κ2) is 7.34. The number of ether oxygens (including phenoxy) is 2. The lowest BCUT2D eigenvalue weighted by atomic mass is 9.98. The molecule has 1 fully saturated rings. The van der Waals surface area contributed by atoms with Crippen LogP contribution in [0.2, 0.25) is 0 Å². The highest BCUT2D eigenvalue weighted by atomic mass is 16.5. The third kappa shape index (κ3) is 4.39. The SMILES string of the molecule is COc1cnc(C)cc1NCCOC1CCCCC1. The molecule has 0 aliphatic heterocycles. The molecule has 4 heteroatoms. The fourth-order valence-electron chi connectivity index (χ4n) is 2.49. The monoisotopic (exact) mass is 264 g/mol. The molecule has 0 saturated heterocycles.